The second-order valence-corrected chi connectivity index (χ2v) is 4.46. The quantitative estimate of drug-likeness (QED) is 0.798. The van der Waals surface area contributed by atoms with Crippen molar-refractivity contribution in [3.05, 3.63) is 29.3 Å². The summed E-state index contributed by atoms with van der Waals surface area (Å²) in [6.45, 7) is 6.58. The van der Waals surface area contributed by atoms with E-state index in [1.165, 1.54) is 5.56 Å². The van der Waals surface area contributed by atoms with E-state index in [1.807, 2.05) is 12.1 Å². The highest BCUT2D eigenvalue weighted by Crippen LogP contribution is 2.28. The number of rotatable bonds is 6. The molecule has 2 N–H and O–H groups in total. The Morgan fingerprint density at radius 2 is 2.12 bits per heavy atom. The molecule has 0 aromatic heterocycles. The molecule has 0 aliphatic rings. The fourth-order valence-corrected chi connectivity index (χ4v) is 1.91. The van der Waals surface area contributed by atoms with Crippen LogP contribution in [0.2, 0.25) is 0 Å². The van der Waals surface area contributed by atoms with Crippen molar-refractivity contribution >= 4 is 0 Å². The zero-order valence-electron chi connectivity index (χ0n) is 11.2. The second-order valence-electron chi connectivity index (χ2n) is 4.46. The van der Waals surface area contributed by atoms with Crippen LogP contribution in [-0.2, 0) is 0 Å². The summed E-state index contributed by atoms with van der Waals surface area (Å²) in [5.74, 6) is 0.903. The number of benzene rings is 1. The second kappa shape index (κ2) is 6.62. The van der Waals surface area contributed by atoms with Gasteiger partial charge in [-0.15, -0.1) is 0 Å². The highest BCUT2D eigenvalue weighted by Gasteiger charge is 2.14. The van der Waals surface area contributed by atoms with Crippen LogP contribution in [-0.4, -0.2) is 24.9 Å². The van der Waals surface area contributed by atoms with Crippen molar-refractivity contribution in [1.82, 2.24) is 5.32 Å². The molecule has 0 aliphatic carbocycles. The number of nitrogens with one attached hydrogen (secondary N) is 1. The first-order valence-corrected chi connectivity index (χ1v) is 6.14. The summed E-state index contributed by atoms with van der Waals surface area (Å²) in [5.41, 5.74) is 2.38. The Balaban J connectivity index is 2.89. The Morgan fingerprint density at radius 3 is 2.65 bits per heavy atom. The lowest BCUT2D eigenvalue weighted by Crippen LogP contribution is -2.28. The maximum Gasteiger partial charge on any atom is 0.123 e. The third-order valence-electron chi connectivity index (χ3n) is 2.83. The van der Waals surface area contributed by atoms with Crippen molar-refractivity contribution in [2.75, 3.05) is 13.7 Å². The van der Waals surface area contributed by atoms with Gasteiger partial charge in [0.1, 0.15) is 5.75 Å². The molecule has 2 atom stereocenters. The van der Waals surface area contributed by atoms with E-state index in [0.29, 0.717) is 6.54 Å². The predicted molar refractivity (Wildman–Crippen MR) is 70.4 cm³/mol. The van der Waals surface area contributed by atoms with Gasteiger partial charge in [-0.3, -0.25) is 0 Å². The van der Waals surface area contributed by atoms with E-state index in [0.717, 1.165) is 17.7 Å². The Morgan fingerprint density at radius 1 is 1.41 bits per heavy atom. The standard InChI is InChI=1S/C14H23NO2/c1-5-13(15-9-11(3)16)12-8-10(2)6-7-14(12)17-4/h6-8,11,13,15-16H,5,9H2,1-4H3. The van der Waals surface area contributed by atoms with Gasteiger partial charge in [0.05, 0.1) is 13.2 Å². The highest BCUT2D eigenvalue weighted by molar-refractivity contribution is 5.39. The zero-order chi connectivity index (χ0) is 12.8. The molecule has 0 radical (unpaired) electrons. The summed E-state index contributed by atoms with van der Waals surface area (Å²) in [7, 11) is 1.69. The minimum Gasteiger partial charge on any atom is -0.496 e. The van der Waals surface area contributed by atoms with Crippen LogP contribution in [0.3, 0.4) is 0 Å². The lowest BCUT2D eigenvalue weighted by Gasteiger charge is -2.21. The third kappa shape index (κ3) is 4.02. The summed E-state index contributed by atoms with van der Waals surface area (Å²) in [6, 6.07) is 6.41. The smallest absolute Gasteiger partial charge is 0.123 e. The van der Waals surface area contributed by atoms with Crippen LogP contribution in [0.25, 0.3) is 0 Å². The average Bonchev–Trinajstić information content (AvgIpc) is 2.30. The van der Waals surface area contributed by atoms with Crippen LogP contribution >= 0.6 is 0 Å². The van der Waals surface area contributed by atoms with E-state index < -0.39 is 0 Å². The van der Waals surface area contributed by atoms with Crippen LogP contribution in [0.15, 0.2) is 18.2 Å². The largest absolute Gasteiger partial charge is 0.496 e. The van der Waals surface area contributed by atoms with Gasteiger partial charge >= 0.3 is 0 Å². The minimum absolute atomic E-state index is 0.222. The fourth-order valence-electron chi connectivity index (χ4n) is 1.91. The van der Waals surface area contributed by atoms with Gasteiger partial charge in [-0.1, -0.05) is 24.6 Å². The Kier molecular flexibility index (Phi) is 5.45. The van der Waals surface area contributed by atoms with E-state index in [9.17, 15) is 5.11 Å². The van der Waals surface area contributed by atoms with E-state index in [1.54, 1.807) is 14.0 Å². The van der Waals surface area contributed by atoms with E-state index in [4.69, 9.17) is 4.74 Å². The molecule has 0 aliphatic heterocycles. The van der Waals surface area contributed by atoms with E-state index in [2.05, 4.69) is 25.2 Å². The molecule has 1 aromatic rings. The van der Waals surface area contributed by atoms with Gasteiger partial charge in [-0.2, -0.15) is 0 Å². The summed E-state index contributed by atoms with van der Waals surface area (Å²) < 4.78 is 5.39. The summed E-state index contributed by atoms with van der Waals surface area (Å²) in [4.78, 5) is 0. The molecule has 3 heteroatoms. The molecular formula is C14H23NO2. The number of aliphatic hydroxyl groups excluding tert-OH is 1. The van der Waals surface area contributed by atoms with Gasteiger partial charge in [0.25, 0.3) is 0 Å². The van der Waals surface area contributed by atoms with Crippen LogP contribution in [0.5, 0.6) is 5.75 Å². The molecule has 0 fully saturated rings. The van der Waals surface area contributed by atoms with Gasteiger partial charge in [-0.05, 0) is 26.3 Å². The lowest BCUT2D eigenvalue weighted by atomic mass is 10.0. The van der Waals surface area contributed by atoms with Crippen molar-refractivity contribution in [2.24, 2.45) is 0 Å². The van der Waals surface area contributed by atoms with Gasteiger partial charge < -0.3 is 15.2 Å². The van der Waals surface area contributed by atoms with Crippen molar-refractivity contribution < 1.29 is 9.84 Å². The number of ether oxygens (including phenoxy) is 1. The molecule has 0 saturated heterocycles. The van der Waals surface area contributed by atoms with Crippen molar-refractivity contribution in [2.45, 2.75) is 39.3 Å². The first kappa shape index (κ1) is 14.0. The van der Waals surface area contributed by atoms with Crippen LogP contribution in [0, 0.1) is 6.92 Å². The molecule has 0 spiro atoms. The molecule has 17 heavy (non-hydrogen) atoms. The summed E-state index contributed by atoms with van der Waals surface area (Å²) in [6.07, 6.45) is 0.631. The Labute approximate surface area is 104 Å². The highest BCUT2D eigenvalue weighted by atomic mass is 16.5. The van der Waals surface area contributed by atoms with Crippen molar-refractivity contribution in [3.8, 4) is 5.75 Å². The first-order chi connectivity index (χ1) is 8.08. The molecular weight excluding hydrogens is 214 g/mol. The summed E-state index contributed by atoms with van der Waals surface area (Å²) >= 11 is 0. The molecule has 0 bridgehead atoms. The number of aryl methyl sites for hydroxylation is 1. The lowest BCUT2D eigenvalue weighted by molar-refractivity contribution is 0.185. The normalized spacial score (nSPS) is 14.4. The van der Waals surface area contributed by atoms with E-state index >= 15 is 0 Å². The zero-order valence-corrected chi connectivity index (χ0v) is 11.2. The first-order valence-electron chi connectivity index (χ1n) is 6.14. The number of hydrogen-bond acceptors (Lipinski definition) is 3. The minimum atomic E-state index is -0.333. The van der Waals surface area contributed by atoms with Crippen molar-refractivity contribution in [3.63, 3.8) is 0 Å². The van der Waals surface area contributed by atoms with Crippen LogP contribution < -0.4 is 10.1 Å². The van der Waals surface area contributed by atoms with Gasteiger partial charge in [0, 0.05) is 18.2 Å². The number of aliphatic hydroxyl groups is 1. The Hall–Kier alpha value is -1.06. The van der Waals surface area contributed by atoms with Gasteiger partial charge in [0.15, 0.2) is 0 Å². The van der Waals surface area contributed by atoms with E-state index in [-0.39, 0.29) is 12.1 Å². The van der Waals surface area contributed by atoms with Gasteiger partial charge in [-0.25, -0.2) is 0 Å². The molecule has 0 heterocycles. The molecule has 0 amide bonds. The topological polar surface area (TPSA) is 41.5 Å². The predicted octanol–water partition coefficient (Wildman–Crippen LogP) is 2.43. The maximum atomic E-state index is 9.33. The van der Waals surface area contributed by atoms with Crippen LogP contribution in [0.1, 0.15) is 37.4 Å². The third-order valence-corrected chi connectivity index (χ3v) is 2.83. The molecule has 3 nitrogen and oxygen atoms in total. The van der Waals surface area contributed by atoms with Crippen molar-refractivity contribution in [1.29, 1.82) is 0 Å². The average molecular weight is 237 g/mol. The SMILES string of the molecule is CCC(NCC(C)O)c1cc(C)ccc1OC. The van der Waals surface area contributed by atoms with Crippen LogP contribution in [0.4, 0.5) is 0 Å². The molecule has 1 rings (SSSR count). The number of methoxy groups -OCH3 is 1. The molecule has 96 valence electrons. The molecule has 1 aromatic carbocycles. The molecule has 2 unspecified atom stereocenters. The maximum absolute atomic E-state index is 9.33. The number of hydrogen-bond donors (Lipinski definition) is 2. The molecule has 0 saturated carbocycles. The van der Waals surface area contributed by atoms with Gasteiger partial charge in [0.2, 0.25) is 0 Å². The fraction of sp³-hybridized carbons (Fsp3) is 0.571. The Bertz CT molecular complexity index is 350. The summed E-state index contributed by atoms with van der Waals surface area (Å²) in [5, 5.41) is 12.7. The monoisotopic (exact) mass is 237 g/mol.